The molecule has 1 fully saturated rings. The lowest BCUT2D eigenvalue weighted by Gasteiger charge is -2.29. The van der Waals surface area contributed by atoms with Gasteiger partial charge in [0.1, 0.15) is 5.57 Å². The SMILES string of the molecule is CCCCN1C(C)=CC(=C2C(=O)N(c3ccccc3)N(c3ccccc3)C2=O)C=C1C. The fourth-order valence-electron chi connectivity index (χ4n) is 4.07. The summed E-state index contributed by atoms with van der Waals surface area (Å²) in [5, 5.41) is 2.94. The molecule has 0 spiro atoms. The molecule has 2 aromatic rings. The Bertz CT molecular complexity index is 1000. The average Bonchev–Trinajstić information content (AvgIpc) is 3.04. The van der Waals surface area contributed by atoms with Crippen molar-refractivity contribution in [2.75, 3.05) is 16.6 Å². The second-order valence-electron chi connectivity index (χ2n) is 7.81. The van der Waals surface area contributed by atoms with Crippen molar-refractivity contribution in [3.8, 4) is 0 Å². The van der Waals surface area contributed by atoms with E-state index in [-0.39, 0.29) is 17.4 Å². The summed E-state index contributed by atoms with van der Waals surface area (Å²) in [5.74, 6) is -0.629. The Morgan fingerprint density at radius 1 is 0.710 bits per heavy atom. The number of anilines is 2. The van der Waals surface area contributed by atoms with E-state index in [2.05, 4.69) is 11.8 Å². The fourth-order valence-corrected chi connectivity index (χ4v) is 4.07. The van der Waals surface area contributed by atoms with Gasteiger partial charge in [-0.2, -0.15) is 0 Å². The van der Waals surface area contributed by atoms with Crippen LogP contribution in [-0.2, 0) is 9.59 Å². The van der Waals surface area contributed by atoms with Gasteiger partial charge in [0.05, 0.1) is 11.4 Å². The van der Waals surface area contributed by atoms with Crippen molar-refractivity contribution in [2.24, 2.45) is 0 Å². The van der Waals surface area contributed by atoms with Crippen LogP contribution in [0.15, 0.2) is 95.4 Å². The predicted molar refractivity (Wildman–Crippen MR) is 124 cm³/mol. The first-order valence-electron chi connectivity index (χ1n) is 10.7. The van der Waals surface area contributed by atoms with Gasteiger partial charge in [-0.05, 0) is 62.3 Å². The number of para-hydroxylation sites is 2. The number of hydrazine groups is 1. The summed E-state index contributed by atoms with van der Waals surface area (Å²) in [6.45, 7) is 7.15. The minimum atomic E-state index is -0.315. The molecule has 4 rings (SSSR count). The molecular formula is C26H27N3O2. The Balaban J connectivity index is 1.82. The lowest BCUT2D eigenvalue weighted by Crippen LogP contribution is -2.41. The molecule has 1 saturated heterocycles. The molecule has 0 bridgehead atoms. The zero-order valence-electron chi connectivity index (χ0n) is 18.2. The number of carbonyl (C=O) groups is 2. The van der Waals surface area contributed by atoms with Gasteiger partial charge in [-0.1, -0.05) is 49.7 Å². The predicted octanol–water partition coefficient (Wildman–Crippen LogP) is 5.20. The smallest absolute Gasteiger partial charge is 0.283 e. The summed E-state index contributed by atoms with van der Waals surface area (Å²) in [4.78, 5) is 29.4. The van der Waals surface area contributed by atoms with Crippen LogP contribution in [0, 0.1) is 0 Å². The molecule has 0 radical (unpaired) electrons. The highest BCUT2D eigenvalue weighted by Crippen LogP contribution is 2.35. The highest BCUT2D eigenvalue weighted by atomic mass is 16.2. The van der Waals surface area contributed by atoms with Gasteiger partial charge in [0.25, 0.3) is 11.8 Å². The minimum Gasteiger partial charge on any atom is -0.349 e. The summed E-state index contributed by atoms with van der Waals surface area (Å²) in [5.41, 5.74) is 4.25. The molecule has 158 valence electrons. The van der Waals surface area contributed by atoms with Crippen LogP contribution in [0.5, 0.6) is 0 Å². The standard InChI is InChI=1S/C26H27N3O2/c1-4-5-16-27-19(2)17-21(18-20(27)3)24-25(30)28(22-12-8-6-9-13-22)29(26(24)31)23-14-10-7-11-15-23/h6-15,17-18H,4-5,16H2,1-3H3. The number of benzene rings is 2. The van der Waals surface area contributed by atoms with Crippen LogP contribution in [0.1, 0.15) is 33.6 Å². The largest absolute Gasteiger partial charge is 0.349 e. The lowest BCUT2D eigenvalue weighted by molar-refractivity contribution is -0.116. The normalized spacial score (nSPS) is 16.8. The molecule has 2 heterocycles. The van der Waals surface area contributed by atoms with Crippen LogP contribution < -0.4 is 10.0 Å². The number of nitrogens with zero attached hydrogens (tertiary/aromatic N) is 3. The van der Waals surface area contributed by atoms with E-state index in [4.69, 9.17) is 0 Å². The van der Waals surface area contributed by atoms with Crippen molar-refractivity contribution in [3.63, 3.8) is 0 Å². The van der Waals surface area contributed by atoms with E-state index >= 15 is 0 Å². The Hall–Kier alpha value is -3.60. The molecule has 5 heteroatoms. The van der Waals surface area contributed by atoms with E-state index in [1.54, 1.807) is 0 Å². The molecule has 2 amide bonds. The number of rotatable bonds is 5. The van der Waals surface area contributed by atoms with Gasteiger partial charge in [0.15, 0.2) is 0 Å². The van der Waals surface area contributed by atoms with Gasteiger partial charge in [-0.3, -0.25) is 9.59 Å². The maximum absolute atomic E-state index is 13.6. The Morgan fingerprint density at radius 2 is 1.16 bits per heavy atom. The molecule has 0 atom stereocenters. The van der Waals surface area contributed by atoms with Gasteiger partial charge in [0, 0.05) is 17.9 Å². The van der Waals surface area contributed by atoms with Gasteiger partial charge in [-0.25, -0.2) is 10.0 Å². The number of hydrogen-bond donors (Lipinski definition) is 0. The summed E-state index contributed by atoms with van der Waals surface area (Å²) < 4.78 is 0. The zero-order chi connectivity index (χ0) is 22.0. The molecule has 0 saturated carbocycles. The highest BCUT2D eigenvalue weighted by Gasteiger charge is 2.44. The third-order valence-corrected chi connectivity index (χ3v) is 5.62. The second-order valence-corrected chi connectivity index (χ2v) is 7.81. The molecule has 2 aromatic carbocycles. The van der Waals surface area contributed by atoms with E-state index < -0.39 is 0 Å². The highest BCUT2D eigenvalue weighted by molar-refractivity contribution is 6.36. The van der Waals surface area contributed by atoms with Crippen LogP contribution in [0.3, 0.4) is 0 Å². The van der Waals surface area contributed by atoms with Crippen molar-refractivity contribution in [1.82, 2.24) is 4.90 Å². The second kappa shape index (κ2) is 8.64. The monoisotopic (exact) mass is 413 g/mol. The van der Waals surface area contributed by atoms with E-state index in [0.29, 0.717) is 16.9 Å². The van der Waals surface area contributed by atoms with Gasteiger partial charge >= 0.3 is 0 Å². The molecule has 0 unspecified atom stereocenters. The zero-order valence-corrected chi connectivity index (χ0v) is 18.2. The van der Waals surface area contributed by atoms with Crippen molar-refractivity contribution in [3.05, 3.63) is 95.4 Å². The van der Waals surface area contributed by atoms with Crippen molar-refractivity contribution in [1.29, 1.82) is 0 Å². The molecule has 0 aliphatic carbocycles. The van der Waals surface area contributed by atoms with Crippen LogP contribution in [0.2, 0.25) is 0 Å². The molecule has 0 aromatic heterocycles. The number of carbonyl (C=O) groups excluding carboxylic acids is 2. The van der Waals surface area contributed by atoms with Crippen LogP contribution in [0.4, 0.5) is 11.4 Å². The molecular weight excluding hydrogens is 386 g/mol. The molecule has 2 aliphatic heterocycles. The fraction of sp³-hybridized carbons (Fsp3) is 0.231. The van der Waals surface area contributed by atoms with Crippen molar-refractivity contribution >= 4 is 23.2 Å². The Labute approximate surface area is 183 Å². The van der Waals surface area contributed by atoms with Crippen molar-refractivity contribution < 1.29 is 9.59 Å². The van der Waals surface area contributed by atoms with E-state index in [9.17, 15) is 9.59 Å². The van der Waals surface area contributed by atoms with Gasteiger partial charge < -0.3 is 4.90 Å². The maximum Gasteiger partial charge on any atom is 0.283 e. The Kier molecular flexibility index (Phi) is 5.76. The number of amides is 2. The van der Waals surface area contributed by atoms with Crippen LogP contribution in [-0.4, -0.2) is 23.3 Å². The van der Waals surface area contributed by atoms with Crippen LogP contribution in [0.25, 0.3) is 0 Å². The Morgan fingerprint density at radius 3 is 1.58 bits per heavy atom. The topological polar surface area (TPSA) is 43.9 Å². The third-order valence-electron chi connectivity index (χ3n) is 5.62. The summed E-state index contributed by atoms with van der Waals surface area (Å²) >= 11 is 0. The first-order valence-corrected chi connectivity index (χ1v) is 10.7. The van der Waals surface area contributed by atoms with E-state index in [0.717, 1.165) is 30.8 Å². The summed E-state index contributed by atoms with van der Waals surface area (Å²) in [6, 6.07) is 18.6. The number of allylic oxidation sites excluding steroid dienone is 5. The van der Waals surface area contributed by atoms with Gasteiger partial charge in [-0.15, -0.1) is 0 Å². The van der Waals surface area contributed by atoms with Crippen LogP contribution >= 0.6 is 0 Å². The average molecular weight is 414 g/mol. The molecule has 0 N–H and O–H groups in total. The first kappa shape index (κ1) is 20.7. The molecule has 5 nitrogen and oxygen atoms in total. The van der Waals surface area contributed by atoms with Crippen molar-refractivity contribution in [2.45, 2.75) is 33.6 Å². The summed E-state index contributed by atoms with van der Waals surface area (Å²) in [6.07, 6.45) is 6.10. The minimum absolute atomic E-state index is 0.196. The van der Waals surface area contributed by atoms with E-state index in [1.165, 1.54) is 10.0 Å². The first-order chi connectivity index (χ1) is 15.0. The quantitative estimate of drug-likeness (QED) is 0.500. The molecule has 2 aliphatic rings. The molecule has 31 heavy (non-hydrogen) atoms. The van der Waals surface area contributed by atoms with Gasteiger partial charge in [0.2, 0.25) is 0 Å². The van der Waals surface area contributed by atoms with E-state index in [1.807, 2.05) is 86.7 Å². The third kappa shape index (κ3) is 3.79. The lowest BCUT2D eigenvalue weighted by atomic mass is 10.0. The number of hydrogen-bond acceptors (Lipinski definition) is 3. The summed E-state index contributed by atoms with van der Waals surface area (Å²) in [7, 11) is 0. The maximum atomic E-state index is 13.6. The number of unbranched alkanes of at least 4 members (excludes halogenated alkanes) is 1.